The van der Waals surface area contributed by atoms with E-state index in [0.717, 1.165) is 21.9 Å². The zero-order valence-electron chi connectivity index (χ0n) is 18.9. The fourth-order valence-electron chi connectivity index (χ4n) is 4.66. The molecule has 0 unspecified atom stereocenters. The van der Waals surface area contributed by atoms with E-state index in [9.17, 15) is 0 Å². The average molecular weight is 427 g/mol. The summed E-state index contributed by atoms with van der Waals surface area (Å²) in [7, 11) is 10.7. The Morgan fingerprint density at radius 3 is 1.78 bits per heavy atom. The van der Waals surface area contributed by atoms with Gasteiger partial charge in [0.05, 0.1) is 0 Å². The van der Waals surface area contributed by atoms with Gasteiger partial charge in [-0.25, -0.2) is 4.98 Å². The third kappa shape index (κ3) is 3.25. The summed E-state index contributed by atoms with van der Waals surface area (Å²) in [5, 5.41) is 4.84. The number of benzene rings is 4. The first kappa shape index (κ1) is 20.9. The van der Waals surface area contributed by atoms with Crippen LogP contribution in [-0.4, -0.2) is 54.2 Å². The molecule has 0 aliphatic heterocycles. The molecular formula is C23H19B5ClN3. The van der Waals surface area contributed by atoms with E-state index in [1.165, 1.54) is 38.1 Å². The maximum Gasteiger partial charge on any atom is 0.226 e. The Labute approximate surface area is 197 Å². The van der Waals surface area contributed by atoms with E-state index >= 15 is 0 Å². The molecule has 148 valence electrons. The molecule has 0 amide bonds. The summed E-state index contributed by atoms with van der Waals surface area (Å²) in [6.45, 7) is 0. The number of halogens is 1. The third-order valence-corrected chi connectivity index (χ3v) is 7.01. The van der Waals surface area contributed by atoms with Crippen LogP contribution in [0.1, 0.15) is 0 Å². The van der Waals surface area contributed by atoms with Gasteiger partial charge in [-0.3, -0.25) is 0 Å². The molecule has 4 aromatic carbocycles. The quantitative estimate of drug-likeness (QED) is 0.231. The molecule has 0 spiro atoms. The van der Waals surface area contributed by atoms with Crippen molar-refractivity contribution in [2.75, 3.05) is 0 Å². The standard InChI is InChI=1S/C23H19B5ClN3/c24-16-15(17(25)19(27)20(28)18(16)26)22-30-21(31-23(29)32-22)14-9-10-5-1-2-6-11(10)12-7-3-4-8-13(12)14/h1-9H,24-28H2. The molecule has 0 saturated carbocycles. The molecule has 0 aliphatic carbocycles. The molecule has 0 bridgehead atoms. The van der Waals surface area contributed by atoms with Crippen molar-refractivity contribution in [3.63, 3.8) is 0 Å². The highest BCUT2D eigenvalue weighted by molar-refractivity contribution is 6.68. The first-order chi connectivity index (χ1) is 15.4. The lowest BCUT2D eigenvalue weighted by Gasteiger charge is -2.19. The highest BCUT2D eigenvalue weighted by atomic mass is 35.5. The van der Waals surface area contributed by atoms with Crippen LogP contribution >= 0.6 is 11.6 Å². The molecule has 5 aromatic rings. The number of hydrogen-bond acceptors (Lipinski definition) is 3. The number of aromatic nitrogens is 3. The summed E-state index contributed by atoms with van der Waals surface area (Å²) in [6, 6.07) is 18.9. The molecule has 0 N–H and O–H groups in total. The van der Waals surface area contributed by atoms with E-state index in [-0.39, 0.29) is 5.28 Å². The highest BCUT2D eigenvalue weighted by Gasteiger charge is 2.18. The average Bonchev–Trinajstić information content (AvgIpc) is 2.81. The zero-order valence-corrected chi connectivity index (χ0v) is 19.7. The van der Waals surface area contributed by atoms with Crippen LogP contribution in [0.15, 0.2) is 54.6 Å². The molecule has 0 saturated heterocycles. The molecule has 3 nitrogen and oxygen atoms in total. The predicted octanol–water partition coefficient (Wildman–Crippen LogP) is -2.54. The van der Waals surface area contributed by atoms with E-state index < -0.39 is 0 Å². The first-order valence-corrected chi connectivity index (χ1v) is 11.1. The Morgan fingerprint density at radius 2 is 1.09 bits per heavy atom. The number of rotatable bonds is 2. The van der Waals surface area contributed by atoms with Crippen molar-refractivity contribution in [3.8, 4) is 22.8 Å². The zero-order chi connectivity index (χ0) is 22.6. The highest BCUT2D eigenvalue weighted by Crippen LogP contribution is 2.34. The maximum atomic E-state index is 6.47. The minimum atomic E-state index is 0.205. The second-order valence-corrected chi connectivity index (χ2v) is 8.78. The van der Waals surface area contributed by atoms with Crippen LogP contribution in [0, 0.1) is 0 Å². The fourth-order valence-corrected chi connectivity index (χ4v) is 4.82. The summed E-state index contributed by atoms with van der Waals surface area (Å²) >= 11 is 6.47. The normalized spacial score (nSPS) is 11.3. The Kier molecular flexibility index (Phi) is 5.13. The SMILES string of the molecule is Bc1c(B)c(B)c(-c2nc(Cl)nc(-c3cc4ccccc4c4ccccc34)n2)c(B)c1B. The molecule has 32 heavy (non-hydrogen) atoms. The Morgan fingerprint density at radius 1 is 0.562 bits per heavy atom. The van der Waals surface area contributed by atoms with E-state index in [2.05, 4.69) is 97.7 Å². The van der Waals surface area contributed by atoms with Crippen LogP contribution in [0.5, 0.6) is 0 Å². The number of fused-ring (bicyclic) bond motifs is 3. The smallest absolute Gasteiger partial charge is 0.208 e. The van der Waals surface area contributed by atoms with Gasteiger partial charge in [0, 0.05) is 11.1 Å². The molecule has 0 atom stereocenters. The topological polar surface area (TPSA) is 38.7 Å². The summed E-state index contributed by atoms with van der Waals surface area (Å²) in [6.07, 6.45) is 0. The lowest BCUT2D eigenvalue weighted by atomic mass is 9.60. The van der Waals surface area contributed by atoms with E-state index in [1.807, 2.05) is 6.07 Å². The van der Waals surface area contributed by atoms with Gasteiger partial charge in [-0.05, 0) is 39.2 Å². The second-order valence-electron chi connectivity index (χ2n) is 8.44. The van der Waals surface area contributed by atoms with Gasteiger partial charge in [-0.1, -0.05) is 59.5 Å². The van der Waals surface area contributed by atoms with E-state index in [1.54, 1.807) is 0 Å². The van der Waals surface area contributed by atoms with Crippen LogP contribution < -0.4 is 27.3 Å². The maximum absolute atomic E-state index is 6.47. The molecule has 0 radical (unpaired) electrons. The fraction of sp³-hybridized carbons (Fsp3) is 0. The second kappa shape index (κ2) is 7.86. The largest absolute Gasteiger partial charge is 0.226 e. The number of nitrogens with zero attached hydrogens (tertiary/aromatic N) is 3. The molecule has 0 aliphatic rings. The van der Waals surface area contributed by atoms with Crippen LogP contribution in [0.2, 0.25) is 5.28 Å². The molecule has 0 fully saturated rings. The van der Waals surface area contributed by atoms with Gasteiger partial charge in [0.15, 0.2) is 11.6 Å². The number of hydrogen-bond donors (Lipinski definition) is 0. The molecule has 1 aromatic heterocycles. The van der Waals surface area contributed by atoms with Crippen molar-refractivity contribution in [1.82, 2.24) is 15.0 Å². The monoisotopic (exact) mass is 427 g/mol. The summed E-state index contributed by atoms with van der Waals surface area (Å²) in [5.41, 5.74) is 8.20. The Balaban J connectivity index is 1.83. The van der Waals surface area contributed by atoms with Gasteiger partial charge in [0.2, 0.25) is 5.28 Å². The molecular weight excluding hydrogens is 408 g/mol. The molecule has 9 heteroatoms. The van der Waals surface area contributed by atoms with Gasteiger partial charge in [0.25, 0.3) is 0 Å². The van der Waals surface area contributed by atoms with Crippen LogP contribution in [0.25, 0.3) is 44.3 Å². The summed E-state index contributed by atoms with van der Waals surface area (Å²) < 4.78 is 0. The lowest BCUT2D eigenvalue weighted by Crippen LogP contribution is -2.55. The summed E-state index contributed by atoms with van der Waals surface area (Å²) in [4.78, 5) is 14.1. The van der Waals surface area contributed by atoms with Crippen molar-refractivity contribution >= 4 is 99.7 Å². The molecule has 1 heterocycles. The van der Waals surface area contributed by atoms with Gasteiger partial charge < -0.3 is 0 Å². The lowest BCUT2D eigenvalue weighted by molar-refractivity contribution is 1.07. The Bertz CT molecular complexity index is 1530. The van der Waals surface area contributed by atoms with Crippen molar-refractivity contribution in [2.45, 2.75) is 0 Å². The summed E-state index contributed by atoms with van der Waals surface area (Å²) in [5.74, 6) is 1.22. The van der Waals surface area contributed by atoms with Crippen LogP contribution in [0.4, 0.5) is 0 Å². The van der Waals surface area contributed by atoms with E-state index in [4.69, 9.17) is 16.6 Å². The van der Waals surface area contributed by atoms with Crippen LogP contribution in [0.3, 0.4) is 0 Å². The van der Waals surface area contributed by atoms with Crippen molar-refractivity contribution in [1.29, 1.82) is 0 Å². The van der Waals surface area contributed by atoms with Crippen molar-refractivity contribution in [3.05, 3.63) is 59.9 Å². The first-order valence-electron chi connectivity index (χ1n) is 10.8. The molecule has 5 rings (SSSR count). The van der Waals surface area contributed by atoms with Crippen molar-refractivity contribution in [2.24, 2.45) is 0 Å². The third-order valence-electron chi connectivity index (χ3n) is 6.84. The van der Waals surface area contributed by atoms with Crippen LogP contribution in [-0.2, 0) is 0 Å². The minimum absolute atomic E-state index is 0.205. The van der Waals surface area contributed by atoms with Gasteiger partial charge in [0.1, 0.15) is 39.2 Å². The predicted molar refractivity (Wildman–Crippen MR) is 152 cm³/mol. The van der Waals surface area contributed by atoms with Gasteiger partial charge in [-0.15, -0.1) is 16.4 Å². The van der Waals surface area contributed by atoms with E-state index in [0.29, 0.717) is 11.6 Å². The minimum Gasteiger partial charge on any atom is -0.208 e. The van der Waals surface area contributed by atoms with Gasteiger partial charge in [-0.2, -0.15) is 9.97 Å². The Hall–Kier alpha value is -2.98. The van der Waals surface area contributed by atoms with Gasteiger partial charge >= 0.3 is 0 Å². The van der Waals surface area contributed by atoms with Crippen molar-refractivity contribution < 1.29 is 0 Å².